The Bertz CT molecular complexity index is 1860. The lowest BCUT2D eigenvalue weighted by Gasteiger charge is -2.33. The second kappa shape index (κ2) is 10.8. The summed E-state index contributed by atoms with van der Waals surface area (Å²) in [5.74, 6) is -2.17. The number of benzene rings is 3. The Labute approximate surface area is 252 Å². The maximum atomic E-state index is 13.2. The summed E-state index contributed by atoms with van der Waals surface area (Å²) in [6, 6.07) is 18.0. The van der Waals surface area contributed by atoms with E-state index in [2.05, 4.69) is 27.4 Å². The molecule has 2 atom stereocenters. The highest BCUT2D eigenvalue weighted by molar-refractivity contribution is 6.23. The second-order valence-electron chi connectivity index (χ2n) is 11.7. The molecule has 11 heteroatoms. The van der Waals surface area contributed by atoms with Crippen molar-refractivity contribution in [2.45, 2.75) is 44.2 Å². The predicted molar refractivity (Wildman–Crippen MR) is 160 cm³/mol. The van der Waals surface area contributed by atoms with Crippen LogP contribution in [-0.4, -0.2) is 68.2 Å². The van der Waals surface area contributed by atoms with Gasteiger partial charge in [-0.1, -0.05) is 30.3 Å². The minimum atomic E-state index is -0.974. The zero-order valence-electron chi connectivity index (χ0n) is 23.9. The number of nitrogens with two attached hydrogens (primary N) is 1. The number of nitrogens with one attached hydrogen (secondary N) is 1. The van der Waals surface area contributed by atoms with Crippen LogP contribution in [0.4, 0.5) is 0 Å². The molecule has 0 saturated carbocycles. The first-order chi connectivity index (χ1) is 21.3. The van der Waals surface area contributed by atoms with Gasteiger partial charge in [0.25, 0.3) is 17.7 Å². The Hall–Kier alpha value is -5.16. The number of likely N-dealkylation sites (tertiary alicyclic amines) is 1. The van der Waals surface area contributed by atoms with Gasteiger partial charge >= 0.3 is 0 Å². The van der Waals surface area contributed by atoms with Gasteiger partial charge in [0.2, 0.25) is 11.8 Å². The summed E-state index contributed by atoms with van der Waals surface area (Å²) < 4.78 is 1.76. The van der Waals surface area contributed by atoms with Gasteiger partial charge in [-0.25, -0.2) is 4.68 Å². The first-order valence-electron chi connectivity index (χ1n) is 14.7. The van der Waals surface area contributed by atoms with E-state index in [4.69, 9.17) is 5.73 Å². The summed E-state index contributed by atoms with van der Waals surface area (Å²) in [7, 11) is 0. The normalized spacial score (nSPS) is 20.7. The van der Waals surface area contributed by atoms with Gasteiger partial charge in [-0.15, -0.1) is 0 Å². The monoisotopic (exact) mass is 590 g/mol. The van der Waals surface area contributed by atoms with Crippen molar-refractivity contribution in [3.63, 3.8) is 0 Å². The van der Waals surface area contributed by atoms with Crippen molar-refractivity contribution in [3.8, 4) is 5.69 Å². The maximum Gasteiger partial charge on any atom is 0.262 e. The number of carbonyl (C=O) groups is 5. The van der Waals surface area contributed by atoms with E-state index in [1.807, 2.05) is 30.5 Å². The molecule has 11 nitrogen and oxygen atoms in total. The maximum absolute atomic E-state index is 13.2. The topological polar surface area (TPSA) is 148 Å². The molecular formula is C33H30N6O5. The summed E-state index contributed by atoms with van der Waals surface area (Å²) in [6.45, 7) is 2.40. The highest BCUT2D eigenvalue weighted by atomic mass is 16.2. The molecule has 222 valence electrons. The van der Waals surface area contributed by atoms with Crippen LogP contribution < -0.4 is 11.1 Å². The van der Waals surface area contributed by atoms with E-state index in [-0.39, 0.29) is 18.4 Å². The van der Waals surface area contributed by atoms with Crippen molar-refractivity contribution in [2.75, 3.05) is 13.1 Å². The summed E-state index contributed by atoms with van der Waals surface area (Å²) in [5.41, 5.74) is 10.1. The number of fused-ring (bicyclic) bond motifs is 2. The molecule has 44 heavy (non-hydrogen) atoms. The highest BCUT2D eigenvalue weighted by Crippen LogP contribution is 2.31. The molecule has 3 N–H and O–H groups in total. The molecule has 0 spiro atoms. The fourth-order valence-corrected chi connectivity index (χ4v) is 6.62. The van der Waals surface area contributed by atoms with Crippen molar-refractivity contribution in [1.29, 1.82) is 0 Å². The van der Waals surface area contributed by atoms with Crippen LogP contribution in [0.25, 0.3) is 16.6 Å². The lowest BCUT2D eigenvalue weighted by molar-refractivity contribution is -0.136. The van der Waals surface area contributed by atoms with Gasteiger partial charge in [0.15, 0.2) is 0 Å². The molecule has 0 bridgehead atoms. The lowest BCUT2D eigenvalue weighted by atomic mass is 9.90. The molecule has 1 aromatic heterocycles. The number of imide groups is 2. The number of nitrogens with zero attached hydrogens (tertiary/aromatic N) is 4. The smallest absolute Gasteiger partial charge is 0.262 e. The standard InChI is InChI=1S/C33H30N6O5/c34-30(41)25-5-1-3-22-18-38(36-29(22)25)23-9-7-20(8-10-23)21-4-2-14-37(17-21)16-19-6-11-24-26(15-19)33(44)39(32(24)43)27-12-13-28(40)35-31(27)42/h1,3,5-11,15,18,21,27H,2,4,12-14,16-17H2,(H2,34,41)(H,35,40,42)/t21-,27?/m1/s1. The van der Waals surface area contributed by atoms with Gasteiger partial charge in [0.1, 0.15) is 11.6 Å². The predicted octanol–water partition coefficient (Wildman–Crippen LogP) is 2.91. The number of amides is 5. The molecule has 5 amide bonds. The summed E-state index contributed by atoms with van der Waals surface area (Å²) >= 11 is 0. The molecule has 4 aromatic rings. The number of piperidine rings is 2. The van der Waals surface area contributed by atoms with Crippen molar-refractivity contribution in [2.24, 2.45) is 5.73 Å². The molecule has 2 fully saturated rings. The van der Waals surface area contributed by atoms with Crippen molar-refractivity contribution in [1.82, 2.24) is 24.9 Å². The van der Waals surface area contributed by atoms with E-state index in [0.29, 0.717) is 29.1 Å². The third-order valence-corrected chi connectivity index (χ3v) is 8.85. The van der Waals surface area contributed by atoms with Crippen LogP contribution in [0.1, 0.15) is 73.8 Å². The number of carbonyl (C=O) groups excluding carboxylic acids is 5. The highest BCUT2D eigenvalue weighted by Gasteiger charge is 2.44. The largest absolute Gasteiger partial charge is 0.366 e. The van der Waals surface area contributed by atoms with Crippen LogP contribution >= 0.6 is 0 Å². The number of primary amides is 1. The average molecular weight is 591 g/mol. The number of rotatable bonds is 6. The zero-order chi connectivity index (χ0) is 30.5. The third-order valence-electron chi connectivity index (χ3n) is 8.85. The van der Waals surface area contributed by atoms with Crippen LogP contribution in [0.3, 0.4) is 0 Å². The Balaban J connectivity index is 1.04. The van der Waals surface area contributed by atoms with E-state index >= 15 is 0 Å². The van der Waals surface area contributed by atoms with Crippen LogP contribution in [0.5, 0.6) is 0 Å². The van der Waals surface area contributed by atoms with Gasteiger partial charge in [0.05, 0.1) is 22.4 Å². The molecule has 3 aliphatic heterocycles. The molecule has 3 aliphatic rings. The summed E-state index contributed by atoms with van der Waals surface area (Å²) in [5, 5.41) is 7.68. The molecule has 3 aromatic carbocycles. The molecule has 1 unspecified atom stereocenters. The van der Waals surface area contributed by atoms with Gasteiger partial charge in [0, 0.05) is 31.1 Å². The number of aromatic nitrogens is 2. The van der Waals surface area contributed by atoms with Crippen molar-refractivity contribution >= 4 is 40.4 Å². The van der Waals surface area contributed by atoms with E-state index in [9.17, 15) is 24.0 Å². The first kappa shape index (κ1) is 27.7. The van der Waals surface area contributed by atoms with Crippen molar-refractivity contribution in [3.05, 3.63) is 94.7 Å². The van der Waals surface area contributed by atoms with E-state index in [0.717, 1.165) is 47.5 Å². The fourth-order valence-electron chi connectivity index (χ4n) is 6.62. The summed E-state index contributed by atoms with van der Waals surface area (Å²) in [6.07, 6.45) is 4.19. The Kier molecular flexibility index (Phi) is 6.81. The van der Waals surface area contributed by atoms with Crippen LogP contribution in [0, 0.1) is 0 Å². The lowest BCUT2D eigenvalue weighted by Crippen LogP contribution is -2.54. The molecule has 7 rings (SSSR count). The Morgan fingerprint density at radius 2 is 1.75 bits per heavy atom. The SMILES string of the molecule is NC(=O)c1cccc2cn(-c3ccc([C@@H]4CCCN(Cc5ccc6c(c5)C(=O)N(C5CCC(=O)NC5=O)C6=O)C4)cc3)nc12. The van der Waals surface area contributed by atoms with Gasteiger partial charge in [-0.2, -0.15) is 5.10 Å². The van der Waals surface area contributed by atoms with E-state index in [1.165, 1.54) is 5.56 Å². The van der Waals surface area contributed by atoms with Crippen LogP contribution in [0.2, 0.25) is 0 Å². The Morgan fingerprint density at radius 1 is 0.955 bits per heavy atom. The van der Waals surface area contributed by atoms with Crippen LogP contribution in [0.15, 0.2) is 66.9 Å². The van der Waals surface area contributed by atoms with Gasteiger partial charge in [-0.05, 0) is 73.2 Å². The molecule has 4 heterocycles. The van der Waals surface area contributed by atoms with E-state index in [1.54, 1.807) is 28.9 Å². The Morgan fingerprint density at radius 3 is 2.52 bits per heavy atom. The molecule has 0 radical (unpaired) electrons. The zero-order valence-corrected chi connectivity index (χ0v) is 23.9. The first-order valence-corrected chi connectivity index (χ1v) is 14.7. The van der Waals surface area contributed by atoms with Gasteiger partial charge < -0.3 is 5.73 Å². The second-order valence-corrected chi connectivity index (χ2v) is 11.7. The van der Waals surface area contributed by atoms with E-state index < -0.39 is 35.6 Å². The van der Waals surface area contributed by atoms with Gasteiger partial charge in [-0.3, -0.25) is 39.1 Å². The number of hydrogen-bond acceptors (Lipinski definition) is 7. The molecule has 2 saturated heterocycles. The fraction of sp³-hybridized carbons (Fsp3) is 0.273. The minimum Gasteiger partial charge on any atom is -0.366 e. The quantitative estimate of drug-likeness (QED) is 0.328. The third kappa shape index (κ3) is 4.84. The minimum absolute atomic E-state index is 0.0893. The summed E-state index contributed by atoms with van der Waals surface area (Å²) in [4.78, 5) is 65.4. The average Bonchev–Trinajstić information content (AvgIpc) is 3.56. The molecular weight excluding hydrogens is 560 g/mol. The number of hydrogen-bond donors (Lipinski definition) is 2. The van der Waals surface area contributed by atoms with Crippen LogP contribution in [-0.2, 0) is 16.1 Å². The molecule has 0 aliphatic carbocycles. The van der Waals surface area contributed by atoms with Crippen molar-refractivity contribution < 1.29 is 24.0 Å².